The molecule has 0 spiro atoms. The van der Waals surface area contributed by atoms with Gasteiger partial charge in [-0.15, -0.1) is 0 Å². The Morgan fingerprint density at radius 2 is 1.70 bits per heavy atom. The molecule has 0 aliphatic carbocycles. The molecule has 0 saturated heterocycles. The lowest BCUT2D eigenvalue weighted by Crippen LogP contribution is -2.43. The first-order chi connectivity index (χ1) is 9.51. The molecule has 1 aromatic carbocycles. The minimum atomic E-state index is -3.46. The second kappa shape index (κ2) is 7.78. The first-order valence-corrected chi connectivity index (χ1v) is 6.92. The number of rotatable bonds is 7. The van der Waals surface area contributed by atoms with Gasteiger partial charge in [0.05, 0.1) is 0 Å². The Hall–Kier alpha value is -1.71. The smallest absolute Gasteiger partial charge is 0.337 e. The van der Waals surface area contributed by atoms with E-state index in [0.29, 0.717) is 37.6 Å². The first kappa shape index (κ1) is 16.3. The number of nitrogens with zero attached hydrogens (tertiary/aromatic N) is 1. The standard InChI is InChI=1S/C16H21F2NO/c1-3-12-19(13-4-2)15(20)16(17,18)11-10-14-8-6-5-7-9-14/h5-11H,3-4,12-13H2,1-2H3/b11-10+. The van der Waals surface area contributed by atoms with E-state index in [4.69, 9.17) is 0 Å². The highest BCUT2D eigenvalue weighted by Gasteiger charge is 2.38. The molecule has 0 saturated carbocycles. The lowest BCUT2D eigenvalue weighted by Gasteiger charge is -2.24. The Morgan fingerprint density at radius 3 is 2.20 bits per heavy atom. The molecule has 1 rings (SSSR count). The molecule has 0 N–H and O–H groups in total. The van der Waals surface area contributed by atoms with Gasteiger partial charge in [-0.1, -0.05) is 50.3 Å². The zero-order chi connectivity index (χ0) is 15.0. The molecule has 0 atom stereocenters. The van der Waals surface area contributed by atoms with Crippen LogP contribution in [0, 0.1) is 0 Å². The maximum atomic E-state index is 13.9. The summed E-state index contributed by atoms with van der Waals surface area (Å²) in [5.74, 6) is -4.58. The Morgan fingerprint density at radius 1 is 1.15 bits per heavy atom. The summed E-state index contributed by atoms with van der Waals surface area (Å²) in [5, 5.41) is 0. The lowest BCUT2D eigenvalue weighted by molar-refractivity contribution is -0.151. The summed E-state index contributed by atoms with van der Waals surface area (Å²) in [6.07, 6.45) is 3.31. The van der Waals surface area contributed by atoms with Gasteiger partial charge in [0.1, 0.15) is 0 Å². The molecule has 20 heavy (non-hydrogen) atoms. The third kappa shape index (κ3) is 4.76. The summed E-state index contributed by atoms with van der Waals surface area (Å²) < 4.78 is 27.8. The van der Waals surface area contributed by atoms with Gasteiger partial charge >= 0.3 is 5.92 Å². The summed E-state index contributed by atoms with van der Waals surface area (Å²) >= 11 is 0. The van der Waals surface area contributed by atoms with Crippen molar-refractivity contribution in [3.8, 4) is 0 Å². The van der Waals surface area contributed by atoms with E-state index in [1.807, 2.05) is 19.9 Å². The summed E-state index contributed by atoms with van der Waals surface area (Å²) in [6.45, 7) is 4.46. The van der Waals surface area contributed by atoms with E-state index < -0.39 is 11.8 Å². The maximum Gasteiger partial charge on any atom is 0.343 e. The Bertz CT molecular complexity index is 437. The predicted molar refractivity (Wildman–Crippen MR) is 77.6 cm³/mol. The molecule has 0 aliphatic heterocycles. The highest BCUT2D eigenvalue weighted by Crippen LogP contribution is 2.21. The largest absolute Gasteiger partial charge is 0.343 e. The fourth-order valence-corrected chi connectivity index (χ4v) is 1.90. The van der Waals surface area contributed by atoms with Crippen LogP contribution in [-0.4, -0.2) is 29.8 Å². The topological polar surface area (TPSA) is 20.3 Å². The van der Waals surface area contributed by atoms with Crippen LogP contribution >= 0.6 is 0 Å². The Labute approximate surface area is 119 Å². The van der Waals surface area contributed by atoms with Crippen molar-refractivity contribution >= 4 is 12.0 Å². The van der Waals surface area contributed by atoms with Crippen LogP contribution in [0.5, 0.6) is 0 Å². The van der Waals surface area contributed by atoms with Crippen LogP contribution in [-0.2, 0) is 4.79 Å². The molecule has 1 aromatic rings. The van der Waals surface area contributed by atoms with Gasteiger partial charge < -0.3 is 4.90 Å². The third-order valence-electron chi connectivity index (χ3n) is 2.84. The highest BCUT2D eigenvalue weighted by molar-refractivity contribution is 5.86. The molecule has 0 radical (unpaired) electrons. The van der Waals surface area contributed by atoms with Gasteiger partial charge in [-0.3, -0.25) is 4.79 Å². The molecule has 0 heterocycles. The minimum Gasteiger partial charge on any atom is -0.337 e. The third-order valence-corrected chi connectivity index (χ3v) is 2.84. The number of hydrogen-bond donors (Lipinski definition) is 0. The average Bonchev–Trinajstić information content (AvgIpc) is 2.45. The summed E-state index contributed by atoms with van der Waals surface area (Å²) in [7, 11) is 0. The molecule has 1 amide bonds. The number of carbonyl (C=O) groups excluding carboxylic acids is 1. The number of benzene rings is 1. The van der Waals surface area contributed by atoms with Gasteiger partial charge in [0.2, 0.25) is 0 Å². The molecular weight excluding hydrogens is 260 g/mol. The molecule has 110 valence electrons. The average molecular weight is 281 g/mol. The quantitative estimate of drug-likeness (QED) is 0.740. The van der Waals surface area contributed by atoms with Crippen molar-refractivity contribution < 1.29 is 13.6 Å². The molecule has 2 nitrogen and oxygen atoms in total. The number of hydrogen-bond acceptors (Lipinski definition) is 1. The van der Waals surface area contributed by atoms with Crippen LogP contribution in [0.3, 0.4) is 0 Å². The van der Waals surface area contributed by atoms with Gasteiger partial charge in [-0.2, -0.15) is 8.78 Å². The number of amides is 1. The number of carbonyl (C=O) groups is 1. The molecule has 0 aromatic heterocycles. The van der Waals surface area contributed by atoms with Crippen molar-refractivity contribution in [2.24, 2.45) is 0 Å². The van der Waals surface area contributed by atoms with E-state index in [-0.39, 0.29) is 0 Å². The molecule has 0 fully saturated rings. The second-order valence-electron chi connectivity index (χ2n) is 4.66. The van der Waals surface area contributed by atoms with Crippen molar-refractivity contribution in [3.05, 3.63) is 42.0 Å². The van der Waals surface area contributed by atoms with E-state index in [2.05, 4.69) is 0 Å². The summed E-state index contributed by atoms with van der Waals surface area (Å²) in [4.78, 5) is 13.1. The first-order valence-electron chi connectivity index (χ1n) is 6.92. The molecule has 0 aliphatic rings. The lowest BCUT2D eigenvalue weighted by atomic mass is 10.1. The van der Waals surface area contributed by atoms with Gasteiger partial charge in [0.25, 0.3) is 5.91 Å². The SMILES string of the molecule is CCCN(CCC)C(=O)C(F)(F)/C=C/c1ccccc1. The molecule has 0 bridgehead atoms. The van der Waals surface area contributed by atoms with Crippen molar-refractivity contribution in [2.45, 2.75) is 32.6 Å². The molecular formula is C16H21F2NO. The van der Waals surface area contributed by atoms with Crippen LogP contribution in [0.25, 0.3) is 6.08 Å². The number of halogens is 2. The van der Waals surface area contributed by atoms with Gasteiger partial charge in [-0.25, -0.2) is 0 Å². The monoisotopic (exact) mass is 281 g/mol. The van der Waals surface area contributed by atoms with Gasteiger partial charge in [0, 0.05) is 13.1 Å². The molecule has 0 unspecified atom stereocenters. The van der Waals surface area contributed by atoms with Crippen molar-refractivity contribution in [1.29, 1.82) is 0 Å². The maximum absolute atomic E-state index is 13.9. The van der Waals surface area contributed by atoms with E-state index >= 15 is 0 Å². The van der Waals surface area contributed by atoms with E-state index in [0.717, 1.165) is 0 Å². The van der Waals surface area contributed by atoms with E-state index in [1.54, 1.807) is 24.3 Å². The van der Waals surface area contributed by atoms with Crippen LogP contribution < -0.4 is 0 Å². The van der Waals surface area contributed by atoms with E-state index in [1.165, 1.54) is 11.0 Å². The minimum absolute atomic E-state index is 0.363. The number of alkyl halides is 2. The summed E-state index contributed by atoms with van der Waals surface area (Å²) in [5.41, 5.74) is 0.650. The second-order valence-corrected chi connectivity index (χ2v) is 4.66. The van der Waals surface area contributed by atoms with E-state index in [9.17, 15) is 13.6 Å². The van der Waals surface area contributed by atoms with Gasteiger partial charge in [0.15, 0.2) is 0 Å². The van der Waals surface area contributed by atoms with Gasteiger partial charge in [-0.05, 0) is 24.5 Å². The van der Waals surface area contributed by atoms with Crippen LogP contribution in [0.1, 0.15) is 32.3 Å². The fraction of sp³-hybridized carbons (Fsp3) is 0.438. The van der Waals surface area contributed by atoms with Crippen molar-refractivity contribution in [1.82, 2.24) is 4.90 Å². The normalized spacial score (nSPS) is 11.8. The Balaban J connectivity index is 2.80. The Kier molecular flexibility index (Phi) is 6.36. The zero-order valence-corrected chi connectivity index (χ0v) is 12.0. The van der Waals surface area contributed by atoms with Crippen LogP contribution in [0.15, 0.2) is 36.4 Å². The highest BCUT2D eigenvalue weighted by atomic mass is 19.3. The predicted octanol–water partition coefficient (Wildman–Crippen LogP) is 3.98. The fourth-order valence-electron chi connectivity index (χ4n) is 1.90. The summed E-state index contributed by atoms with van der Waals surface area (Å²) in [6, 6.07) is 8.77. The zero-order valence-electron chi connectivity index (χ0n) is 12.0. The van der Waals surface area contributed by atoms with Crippen molar-refractivity contribution in [3.63, 3.8) is 0 Å². The molecule has 4 heteroatoms. The van der Waals surface area contributed by atoms with Crippen LogP contribution in [0.2, 0.25) is 0 Å². The van der Waals surface area contributed by atoms with Crippen LogP contribution in [0.4, 0.5) is 8.78 Å². The van der Waals surface area contributed by atoms with Crippen molar-refractivity contribution in [2.75, 3.05) is 13.1 Å².